The van der Waals surface area contributed by atoms with Crippen LogP contribution in [0.1, 0.15) is 30.5 Å². The maximum atomic E-state index is 12.5. The highest BCUT2D eigenvalue weighted by molar-refractivity contribution is 5.89. The van der Waals surface area contributed by atoms with Gasteiger partial charge < -0.3 is 14.7 Å². The lowest BCUT2D eigenvalue weighted by Gasteiger charge is -2.33. The minimum atomic E-state index is -1.26. The van der Waals surface area contributed by atoms with E-state index >= 15 is 0 Å². The minimum Gasteiger partial charge on any atom is -0.480 e. The number of nitrogens with zero attached hydrogens (tertiary/aromatic N) is 1. The van der Waals surface area contributed by atoms with Crippen LogP contribution in [0.4, 0.5) is 0 Å². The van der Waals surface area contributed by atoms with E-state index in [2.05, 4.69) is 0 Å². The van der Waals surface area contributed by atoms with Gasteiger partial charge in [0.1, 0.15) is 11.3 Å². The molecule has 1 aromatic carbocycles. The van der Waals surface area contributed by atoms with Gasteiger partial charge in [0, 0.05) is 13.5 Å². The molecule has 0 spiro atoms. The van der Waals surface area contributed by atoms with Crippen molar-refractivity contribution in [2.75, 3.05) is 7.05 Å². The number of amides is 1. The fourth-order valence-corrected chi connectivity index (χ4v) is 2.29. The van der Waals surface area contributed by atoms with Gasteiger partial charge in [0.05, 0.1) is 0 Å². The van der Waals surface area contributed by atoms with E-state index in [1.54, 1.807) is 0 Å². The summed E-state index contributed by atoms with van der Waals surface area (Å²) >= 11 is 0. The van der Waals surface area contributed by atoms with Gasteiger partial charge in [0.25, 0.3) is 5.91 Å². The smallest absolute Gasteiger partial charge is 0.329 e. The van der Waals surface area contributed by atoms with E-state index in [0.29, 0.717) is 6.42 Å². The number of carbonyl (C=O) groups is 2. The molecule has 1 heterocycles. The molecular weight excluding hydrogens is 270 g/mol. The van der Waals surface area contributed by atoms with Crippen molar-refractivity contribution >= 4 is 11.9 Å². The number of rotatable bonds is 3. The van der Waals surface area contributed by atoms with Crippen LogP contribution < -0.4 is 4.74 Å². The summed E-state index contributed by atoms with van der Waals surface area (Å²) in [5.74, 6) is -0.632. The zero-order valence-corrected chi connectivity index (χ0v) is 13.1. The lowest BCUT2D eigenvalue weighted by Crippen LogP contribution is -2.54. The molecule has 1 aliphatic rings. The molecule has 1 aromatic rings. The summed E-state index contributed by atoms with van der Waals surface area (Å²) < 4.78 is 5.72. The Morgan fingerprint density at radius 2 is 1.86 bits per heavy atom. The Labute approximate surface area is 124 Å². The largest absolute Gasteiger partial charge is 0.480 e. The van der Waals surface area contributed by atoms with Crippen molar-refractivity contribution in [2.24, 2.45) is 0 Å². The molecule has 5 nitrogen and oxygen atoms in total. The summed E-state index contributed by atoms with van der Waals surface area (Å²) in [5.41, 5.74) is 2.00. The molecule has 0 aromatic heterocycles. The Bertz CT molecular complexity index is 576. The van der Waals surface area contributed by atoms with Crippen LogP contribution >= 0.6 is 0 Å². The summed E-state index contributed by atoms with van der Waals surface area (Å²) in [7, 11) is 1.50. The summed E-state index contributed by atoms with van der Waals surface area (Å²) in [6.07, 6.45) is -0.167. The average Bonchev–Trinajstić information content (AvgIpc) is 2.80. The monoisotopic (exact) mass is 291 g/mol. The van der Waals surface area contributed by atoms with Crippen LogP contribution in [0, 0.1) is 13.8 Å². The predicted molar refractivity (Wildman–Crippen MR) is 78.5 cm³/mol. The van der Waals surface area contributed by atoms with Crippen molar-refractivity contribution in [1.29, 1.82) is 0 Å². The van der Waals surface area contributed by atoms with Crippen molar-refractivity contribution in [3.63, 3.8) is 0 Å². The first-order valence-electron chi connectivity index (χ1n) is 6.92. The number of likely N-dealkylation sites (N-methyl/N-ethyl adjacent to an activating group) is 1. The number of hydrogen-bond donors (Lipinski definition) is 1. The molecule has 0 bridgehead atoms. The van der Waals surface area contributed by atoms with Crippen LogP contribution in [-0.2, 0) is 16.0 Å². The van der Waals surface area contributed by atoms with Gasteiger partial charge in [-0.3, -0.25) is 4.79 Å². The number of hydrogen-bond acceptors (Lipinski definition) is 3. The molecule has 1 amide bonds. The zero-order valence-electron chi connectivity index (χ0n) is 13.1. The standard InChI is InChI=1S/C16H21NO4/c1-9-6-11-8-13(21-12(11)7-10(9)2)14(18)17(5)16(3,4)15(19)20/h6-7,13H,8H2,1-5H3,(H,19,20). The van der Waals surface area contributed by atoms with Crippen molar-refractivity contribution in [2.45, 2.75) is 45.8 Å². The highest BCUT2D eigenvalue weighted by Gasteiger charge is 2.40. The first-order valence-corrected chi connectivity index (χ1v) is 6.92. The van der Waals surface area contributed by atoms with E-state index in [1.807, 2.05) is 26.0 Å². The average molecular weight is 291 g/mol. The quantitative estimate of drug-likeness (QED) is 0.924. The van der Waals surface area contributed by atoms with Gasteiger partial charge in [-0.05, 0) is 50.5 Å². The normalized spacial score (nSPS) is 17.1. The van der Waals surface area contributed by atoms with Crippen LogP contribution in [0.3, 0.4) is 0 Å². The number of carboxylic acids is 1. The van der Waals surface area contributed by atoms with E-state index in [1.165, 1.54) is 25.8 Å². The van der Waals surface area contributed by atoms with E-state index in [0.717, 1.165) is 22.4 Å². The summed E-state index contributed by atoms with van der Waals surface area (Å²) in [6.45, 7) is 7.02. The molecule has 1 atom stereocenters. The second-order valence-corrected chi connectivity index (χ2v) is 6.12. The van der Waals surface area contributed by atoms with Crippen LogP contribution in [0.5, 0.6) is 5.75 Å². The summed E-state index contributed by atoms with van der Waals surface area (Å²) in [4.78, 5) is 25.0. The van der Waals surface area contributed by atoms with E-state index < -0.39 is 17.6 Å². The van der Waals surface area contributed by atoms with Gasteiger partial charge in [-0.1, -0.05) is 6.07 Å². The molecule has 114 valence electrons. The molecule has 1 N–H and O–H groups in total. The number of carboxylic acid groups (broad SMARTS) is 1. The fraction of sp³-hybridized carbons (Fsp3) is 0.500. The number of aryl methyl sites for hydroxylation is 2. The van der Waals surface area contributed by atoms with Gasteiger partial charge in [0.15, 0.2) is 6.10 Å². The van der Waals surface area contributed by atoms with Gasteiger partial charge in [0.2, 0.25) is 0 Å². The third-order valence-electron chi connectivity index (χ3n) is 4.32. The number of fused-ring (bicyclic) bond motifs is 1. The molecule has 21 heavy (non-hydrogen) atoms. The molecule has 5 heteroatoms. The molecule has 0 radical (unpaired) electrons. The zero-order chi connectivity index (χ0) is 15.9. The molecule has 0 fully saturated rings. The number of benzene rings is 1. The van der Waals surface area contributed by atoms with Gasteiger partial charge in [-0.25, -0.2) is 4.79 Å². The first-order chi connectivity index (χ1) is 9.64. The molecule has 1 aliphatic heterocycles. The van der Waals surface area contributed by atoms with Crippen molar-refractivity contribution in [1.82, 2.24) is 4.90 Å². The number of aliphatic carboxylic acids is 1. The third-order valence-corrected chi connectivity index (χ3v) is 4.32. The predicted octanol–water partition coefficient (Wildman–Crippen LogP) is 1.93. The van der Waals surface area contributed by atoms with Gasteiger partial charge in [-0.15, -0.1) is 0 Å². The Kier molecular flexibility index (Phi) is 3.70. The third kappa shape index (κ3) is 2.60. The molecular formula is C16H21NO4. The summed E-state index contributed by atoms with van der Waals surface area (Å²) in [5, 5.41) is 9.22. The minimum absolute atomic E-state index is 0.311. The van der Waals surface area contributed by atoms with Gasteiger partial charge in [-0.2, -0.15) is 0 Å². The lowest BCUT2D eigenvalue weighted by atomic mass is 10.0. The van der Waals surface area contributed by atoms with Crippen LogP contribution in [-0.4, -0.2) is 40.6 Å². The Hall–Kier alpha value is -2.04. The molecule has 0 saturated heterocycles. The Morgan fingerprint density at radius 1 is 1.29 bits per heavy atom. The second-order valence-electron chi connectivity index (χ2n) is 6.12. The lowest BCUT2D eigenvalue weighted by molar-refractivity contribution is -0.157. The summed E-state index contributed by atoms with van der Waals surface area (Å²) in [6, 6.07) is 3.96. The van der Waals surface area contributed by atoms with Crippen molar-refractivity contribution in [3.8, 4) is 5.75 Å². The fourth-order valence-electron chi connectivity index (χ4n) is 2.29. The van der Waals surface area contributed by atoms with Crippen molar-refractivity contribution < 1.29 is 19.4 Å². The highest BCUT2D eigenvalue weighted by Crippen LogP contribution is 2.32. The topological polar surface area (TPSA) is 66.8 Å². The maximum Gasteiger partial charge on any atom is 0.329 e. The van der Waals surface area contributed by atoms with Crippen LogP contribution in [0.15, 0.2) is 12.1 Å². The van der Waals surface area contributed by atoms with E-state index in [-0.39, 0.29) is 5.91 Å². The van der Waals surface area contributed by atoms with Gasteiger partial charge >= 0.3 is 5.97 Å². The molecule has 0 saturated carbocycles. The Morgan fingerprint density at radius 3 is 2.43 bits per heavy atom. The number of carbonyl (C=O) groups excluding carboxylic acids is 1. The van der Waals surface area contributed by atoms with Crippen LogP contribution in [0.2, 0.25) is 0 Å². The molecule has 2 rings (SSSR count). The highest BCUT2D eigenvalue weighted by atomic mass is 16.5. The van der Waals surface area contributed by atoms with Crippen molar-refractivity contribution in [3.05, 3.63) is 28.8 Å². The van der Waals surface area contributed by atoms with E-state index in [4.69, 9.17) is 4.74 Å². The SMILES string of the molecule is Cc1cc2c(cc1C)OC(C(=O)N(C)C(C)(C)C(=O)O)C2. The first kappa shape index (κ1) is 15.4. The van der Waals surface area contributed by atoms with Crippen LogP contribution in [0.25, 0.3) is 0 Å². The molecule has 0 aliphatic carbocycles. The second kappa shape index (κ2) is 5.06. The van der Waals surface area contributed by atoms with E-state index in [9.17, 15) is 14.7 Å². The maximum absolute atomic E-state index is 12.5. The number of ether oxygens (including phenoxy) is 1. The Balaban J connectivity index is 2.19. The molecule has 1 unspecified atom stereocenters.